The lowest BCUT2D eigenvalue weighted by atomic mass is 11.7. The summed E-state index contributed by atoms with van der Waals surface area (Å²) < 4.78 is 2.50. The molecule has 6 heavy (non-hydrogen) atoms. The summed E-state index contributed by atoms with van der Waals surface area (Å²) in [6.45, 7) is 0. The van der Waals surface area contributed by atoms with Crippen LogP contribution < -0.4 is 0 Å². The summed E-state index contributed by atoms with van der Waals surface area (Å²) in [6.07, 6.45) is 0.971. The number of carbonyl (C=O) groups excluding carboxylic acids is 1. The maximum Gasteiger partial charge on any atom is 0.315 e. The highest BCUT2D eigenvalue weighted by molar-refractivity contribution is 7.43. The first kappa shape index (κ1) is 5.73. The third-order valence-corrected chi connectivity index (χ3v) is 0.391. The van der Waals surface area contributed by atoms with Gasteiger partial charge in [-0.3, -0.25) is 0 Å². The van der Waals surface area contributed by atoms with Crippen LogP contribution in [0.2, 0.25) is 0 Å². The quantitative estimate of drug-likeness (QED) is 0.270. The third-order valence-electron chi connectivity index (χ3n) is 0.130. The largest absolute Gasteiger partial charge is 0.332 e. The van der Waals surface area contributed by atoms with Gasteiger partial charge in [-0.2, -0.15) is 0 Å². The Balaban J connectivity index is 3.29. The van der Waals surface area contributed by atoms with E-state index < -0.39 is 8.53 Å². The molecule has 2 N–H and O–H groups in total. The van der Waals surface area contributed by atoms with Gasteiger partial charge in [-0.05, 0) is 0 Å². The zero-order chi connectivity index (χ0) is 4.99. The van der Waals surface area contributed by atoms with Crippen LogP contribution in [0.25, 0.3) is 0 Å². The normalized spacial score (nSPS) is 7.83. The molecule has 0 aliphatic carbocycles. The highest BCUT2D eigenvalue weighted by atomic mass is 31.2. The van der Waals surface area contributed by atoms with Crippen molar-refractivity contribution in [2.45, 2.75) is 0 Å². The number of isocyanates is 1. The monoisotopic (exact) mass is 107 g/mol. The molecule has 0 saturated heterocycles. The van der Waals surface area contributed by atoms with Crippen LogP contribution in [0.4, 0.5) is 0 Å². The maximum atomic E-state index is 9.02. The molecule has 0 aliphatic rings. The van der Waals surface area contributed by atoms with Crippen LogP contribution in [0.3, 0.4) is 0 Å². The lowest BCUT2D eigenvalue weighted by Crippen LogP contribution is -1.55. The van der Waals surface area contributed by atoms with E-state index in [4.69, 9.17) is 14.6 Å². The molecule has 34 valence electrons. The summed E-state index contributed by atoms with van der Waals surface area (Å²) in [5, 5.41) is 0. The van der Waals surface area contributed by atoms with Crippen molar-refractivity contribution in [3.63, 3.8) is 0 Å². The van der Waals surface area contributed by atoms with Crippen LogP contribution >= 0.6 is 8.53 Å². The summed E-state index contributed by atoms with van der Waals surface area (Å²) in [4.78, 5) is 24.5. The van der Waals surface area contributed by atoms with E-state index in [-0.39, 0.29) is 0 Å². The van der Waals surface area contributed by atoms with Crippen molar-refractivity contribution in [1.29, 1.82) is 0 Å². The summed E-state index contributed by atoms with van der Waals surface area (Å²) in [7, 11) is -2.40. The minimum Gasteiger partial charge on any atom is -0.332 e. The van der Waals surface area contributed by atoms with Gasteiger partial charge in [0.1, 0.15) is 0 Å². The van der Waals surface area contributed by atoms with E-state index >= 15 is 0 Å². The predicted octanol–water partition coefficient (Wildman–Crippen LogP) is -0.466. The van der Waals surface area contributed by atoms with E-state index in [1.54, 1.807) is 0 Å². The van der Waals surface area contributed by atoms with Gasteiger partial charge in [0.05, 0.1) is 0 Å². The Morgan fingerprint density at radius 2 is 2.17 bits per heavy atom. The van der Waals surface area contributed by atoms with Gasteiger partial charge in [-0.15, -0.1) is 4.76 Å². The molecule has 0 radical (unpaired) electrons. The number of rotatable bonds is 1. The van der Waals surface area contributed by atoms with E-state index in [1.807, 2.05) is 0 Å². The fraction of sp³-hybridized carbons (Fsp3) is 0. The smallest absolute Gasteiger partial charge is 0.315 e. The molecule has 0 fully saturated rings. The van der Waals surface area contributed by atoms with Crippen molar-refractivity contribution in [2.75, 3.05) is 0 Å². The van der Waals surface area contributed by atoms with Crippen LogP contribution in [-0.2, 0) is 4.79 Å². The van der Waals surface area contributed by atoms with E-state index in [2.05, 4.69) is 4.76 Å². The second-order valence-corrected chi connectivity index (χ2v) is 1.20. The van der Waals surface area contributed by atoms with Crippen LogP contribution in [0.5, 0.6) is 0 Å². The molecule has 0 aliphatic heterocycles. The number of hydrogen-bond donors (Lipinski definition) is 2. The van der Waals surface area contributed by atoms with E-state index in [0.29, 0.717) is 0 Å². The summed E-state index contributed by atoms with van der Waals surface area (Å²) in [5.41, 5.74) is 0. The van der Waals surface area contributed by atoms with Crippen molar-refractivity contribution in [1.82, 2.24) is 0 Å². The van der Waals surface area contributed by atoms with Crippen molar-refractivity contribution < 1.29 is 14.6 Å². The Labute approximate surface area is 35.1 Å². The predicted molar refractivity (Wildman–Crippen MR) is 19.5 cm³/mol. The van der Waals surface area contributed by atoms with Gasteiger partial charge in [0.15, 0.2) is 0 Å². The lowest BCUT2D eigenvalue weighted by Gasteiger charge is -1.79. The third kappa shape index (κ3) is 3.73. The SMILES string of the molecule is O=C=NP(O)O. The minimum atomic E-state index is -2.40. The molecule has 4 nitrogen and oxygen atoms in total. The molecular weight excluding hydrogens is 105 g/mol. The molecule has 0 heterocycles. The molecule has 0 amide bonds. The summed E-state index contributed by atoms with van der Waals surface area (Å²) >= 11 is 0. The van der Waals surface area contributed by atoms with Gasteiger partial charge in [-0.1, -0.05) is 0 Å². The van der Waals surface area contributed by atoms with Crippen molar-refractivity contribution in [2.24, 2.45) is 4.76 Å². The molecule has 0 aromatic carbocycles. The first-order valence-corrected chi connectivity index (χ1v) is 2.23. The van der Waals surface area contributed by atoms with Crippen molar-refractivity contribution in [3.8, 4) is 0 Å². The Morgan fingerprint density at radius 3 is 2.17 bits per heavy atom. The Kier molecular flexibility index (Phi) is 2.81. The van der Waals surface area contributed by atoms with E-state index in [0.717, 1.165) is 6.08 Å². The molecule has 0 unspecified atom stereocenters. The van der Waals surface area contributed by atoms with E-state index in [9.17, 15) is 0 Å². The number of hydrogen-bond acceptors (Lipinski definition) is 4. The van der Waals surface area contributed by atoms with Crippen LogP contribution in [-0.4, -0.2) is 15.9 Å². The summed E-state index contributed by atoms with van der Waals surface area (Å²) in [5.74, 6) is 0. The molecule has 0 aromatic heterocycles. The maximum absolute atomic E-state index is 9.02. The van der Waals surface area contributed by atoms with Gasteiger partial charge in [-0.25, -0.2) is 4.79 Å². The zero-order valence-corrected chi connectivity index (χ0v) is 3.59. The highest BCUT2D eigenvalue weighted by Gasteiger charge is 1.85. The Morgan fingerprint density at radius 1 is 1.67 bits per heavy atom. The fourth-order valence-electron chi connectivity index (χ4n) is 0.0365. The topological polar surface area (TPSA) is 69.9 Å². The first-order valence-electron chi connectivity index (χ1n) is 1.03. The van der Waals surface area contributed by atoms with E-state index in [1.165, 1.54) is 0 Å². The lowest BCUT2D eigenvalue weighted by molar-refractivity contribution is 0.484. The first-order chi connectivity index (χ1) is 2.77. The molecule has 5 heteroatoms. The molecule has 0 aromatic rings. The Hall–Kier alpha value is -0.270. The number of nitrogens with zero attached hydrogens (tertiary/aromatic N) is 1. The summed E-state index contributed by atoms with van der Waals surface area (Å²) in [6, 6.07) is 0. The van der Waals surface area contributed by atoms with Crippen LogP contribution in [0.1, 0.15) is 0 Å². The highest BCUT2D eigenvalue weighted by Crippen LogP contribution is 2.21. The minimum absolute atomic E-state index is 0.971. The average Bonchev–Trinajstić information content (AvgIpc) is 1.35. The van der Waals surface area contributed by atoms with Crippen LogP contribution in [0, 0.1) is 0 Å². The van der Waals surface area contributed by atoms with Gasteiger partial charge in [0, 0.05) is 0 Å². The van der Waals surface area contributed by atoms with Crippen molar-refractivity contribution >= 4 is 14.6 Å². The average molecular weight is 107 g/mol. The van der Waals surface area contributed by atoms with Gasteiger partial charge < -0.3 is 9.79 Å². The molecule has 0 bridgehead atoms. The molecule has 0 spiro atoms. The Bertz CT molecular complexity index is 74.9. The zero-order valence-electron chi connectivity index (χ0n) is 2.70. The molecular formula is CH2NO3P. The van der Waals surface area contributed by atoms with Gasteiger partial charge in [0.25, 0.3) is 0 Å². The molecule has 0 atom stereocenters. The standard InChI is InChI=1S/CH2NO3P/c3-1-2-6(4)5/h4-5H. The van der Waals surface area contributed by atoms with Crippen LogP contribution in [0.15, 0.2) is 4.76 Å². The second-order valence-electron chi connectivity index (χ2n) is 0.460. The second kappa shape index (κ2) is 2.94. The van der Waals surface area contributed by atoms with Crippen molar-refractivity contribution in [3.05, 3.63) is 0 Å². The van der Waals surface area contributed by atoms with Gasteiger partial charge in [0.2, 0.25) is 6.08 Å². The molecule has 0 rings (SSSR count). The van der Waals surface area contributed by atoms with Gasteiger partial charge >= 0.3 is 8.53 Å². The molecule has 0 saturated carbocycles. The fourth-order valence-corrected chi connectivity index (χ4v) is 0.110.